The number of rotatable bonds is 4. The fourth-order valence-corrected chi connectivity index (χ4v) is 3.47. The Balaban J connectivity index is 1.73. The molecule has 2 aromatic heterocycles. The number of pyridine rings is 1. The molecule has 0 radical (unpaired) electrons. The van der Waals surface area contributed by atoms with Crippen molar-refractivity contribution in [3.8, 4) is 0 Å². The zero-order chi connectivity index (χ0) is 17.1. The number of fused-ring (bicyclic) bond motifs is 1. The van der Waals surface area contributed by atoms with Crippen LogP contribution in [0, 0.1) is 0 Å². The molecule has 5 nitrogen and oxygen atoms in total. The molecule has 0 bridgehead atoms. The average Bonchev–Trinajstić information content (AvgIpc) is 3.05. The highest BCUT2D eigenvalue weighted by Gasteiger charge is 2.12. The highest BCUT2D eigenvalue weighted by molar-refractivity contribution is 7.20. The highest BCUT2D eigenvalue weighted by Crippen LogP contribution is 2.30. The van der Waals surface area contributed by atoms with Crippen LogP contribution in [0.15, 0.2) is 42.7 Å². The predicted octanol–water partition coefficient (Wildman–Crippen LogP) is 3.67. The number of halogens is 1. The summed E-state index contributed by atoms with van der Waals surface area (Å²) in [5.74, 6) is -0.606. The van der Waals surface area contributed by atoms with E-state index in [2.05, 4.69) is 15.0 Å². The van der Waals surface area contributed by atoms with Crippen LogP contribution in [-0.4, -0.2) is 24.0 Å². The molecule has 1 N–H and O–H groups in total. The molecular formula is C17H13ClN2O3S. The number of carbonyl (C=O) groups excluding carboxylic acids is 2. The largest absolute Gasteiger partial charge is 0.465 e. The molecule has 1 amide bonds. The lowest BCUT2D eigenvalue weighted by Crippen LogP contribution is -2.21. The Morgan fingerprint density at radius 1 is 1.29 bits per heavy atom. The zero-order valence-corrected chi connectivity index (χ0v) is 14.3. The summed E-state index contributed by atoms with van der Waals surface area (Å²) in [6.07, 6.45) is 3.24. The first-order chi connectivity index (χ1) is 11.6. The highest BCUT2D eigenvalue weighted by atomic mass is 35.5. The number of carbonyl (C=O) groups is 2. The first kappa shape index (κ1) is 16.4. The van der Waals surface area contributed by atoms with Crippen molar-refractivity contribution < 1.29 is 14.3 Å². The third-order valence-electron chi connectivity index (χ3n) is 3.42. The Morgan fingerprint density at radius 2 is 2.12 bits per heavy atom. The maximum Gasteiger partial charge on any atom is 0.337 e. The van der Waals surface area contributed by atoms with E-state index in [0.29, 0.717) is 22.0 Å². The van der Waals surface area contributed by atoms with Crippen molar-refractivity contribution in [2.24, 2.45) is 0 Å². The van der Waals surface area contributed by atoms with Crippen LogP contribution in [0.4, 0.5) is 0 Å². The summed E-state index contributed by atoms with van der Waals surface area (Å²) < 4.78 is 5.55. The van der Waals surface area contributed by atoms with Crippen molar-refractivity contribution in [1.29, 1.82) is 0 Å². The minimum atomic E-state index is -0.408. The molecule has 0 spiro atoms. The minimum absolute atomic E-state index is 0.198. The second-order valence-electron chi connectivity index (χ2n) is 5.02. The van der Waals surface area contributed by atoms with Crippen LogP contribution >= 0.6 is 22.9 Å². The smallest absolute Gasteiger partial charge is 0.337 e. The SMILES string of the molecule is COC(=O)c1cccc(CNC(=O)c2cc3c(Cl)cncc3s2)c1. The van der Waals surface area contributed by atoms with Gasteiger partial charge in [-0.2, -0.15) is 0 Å². The second-order valence-corrected chi connectivity index (χ2v) is 6.51. The van der Waals surface area contributed by atoms with E-state index >= 15 is 0 Å². The van der Waals surface area contributed by atoms with E-state index in [1.54, 1.807) is 36.7 Å². The summed E-state index contributed by atoms with van der Waals surface area (Å²) in [6, 6.07) is 8.69. The molecule has 0 atom stereocenters. The molecule has 0 unspecified atom stereocenters. The van der Waals surface area contributed by atoms with E-state index in [1.165, 1.54) is 18.4 Å². The van der Waals surface area contributed by atoms with Gasteiger partial charge in [0, 0.05) is 24.3 Å². The zero-order valence-electron chi connectivity index (χ0n) is 12.7. The summed E-state index contributed by atoms with van der Waals surface area (Å²) in [5, 5.41) is 4.17. The van der Waals surface area contributed by atoms with Crippen LogP contribution in [0.5, 0.6) is 0 Å². The molecule has 0 fully saturated rings. The summed E-state index contributed by atoms with van der Waals surface area (Å²) in [6.45, 7) is 0.309. The van der Waals surface area contributed by atoms with Crippen LogP contribution in [0.3, 0.4) is 0 Å². The van der Waals surface area contributed by atoms with E-state index < -0.39 is 5.97 Å². The molecule has 3 aromatic rings. The number of aromatic nitrogens is 1. The number of ether oxygens (including phenoxy) is 1. The Bertz CT molecular complexity index is 923. The lowest BCUT2D eigenvalue weighted by Gasteiger charge is -2.05. The number of methoxy groups -OCH3 is 1. The number of thiophene rings is 1. The molecule has 0 aliphatic rings. The number of amides is 1. The topological polar surface area (TPSA) is 68.3 Å². The third kappa shape index (κ3) is 3.39. The van der Waals surface area contributed by atoms with Crippen molar-refractivity contribution >= 4 is 44.9 Å². The van der Waals surface area contributed by atoms with Gasteiger partial charge in [0.05, 0.1) is 27.3 Å². The van der Waals surface area contributed by atoms with Gasteiger partial charge in [0.25, 0.3) is 5.91 Å². The minimum Gasteiger partial charge on any atom is -0.465 e. The van der Waals surface area contributed by atoms with Crippen LogP contribution < -0.4 is 5.32 Å². The van der Waals surface area contributed by atoms with Gasteiger partial charge in [0.15, 0.2) is 0 Å². The number of benzene rings is 1. The lowest BCUT2D eigenvalue weighted by molar-refractivity contribution is 0.0600. The summed E-state index contributed by atoms with van der Waals surface area (Å²) in [4.78, 5) is 28.4. The van der Waals surface area contributed by atoms with Crippen LogP contribution in [-0.2, 0) is 11.3 Å². The van der Waals surface area contributed by atoms with E-state index in [9.17, 15) is 9.59 Å². The average molecular weight is 361 g/mol. The van der Waals surface area contributed by atoms with Gasteiger partial charge in [-0.05, 0) is 23.8 Å². The van der Waals surface area contributed by atoms with E-state index in [4.69, 9.17) is 11.6 Å². The van der Waals surface area contributed by atoms with Gasteiger partial charge < -0.3 is 10.1 Å². The molecule has 0 aliphatic carbocycles. The monoisotopic (exact) mass is 360 g/mol. The molecule has 7 heteroatoms. The van der Waals surface area contributed by atoms with Gasteiger partial charge in [-0.3, -0.25) is 9.78 Å². The van der Waals surface area contributed by atoms with E-state index in [-0.39, 0.29) is 5.91 Å². The first-order valence-corrected chi connectivity index (χ1v) is 8.26. The number of nitrogens with one attached hydrogen (secondary N) is 1. The molecule has 2 heterocycles. The second kappa shape index (κ2) is 6.98. The maximum absolute atomic E-state index is 12.3. The Kier molecular flexibility index (Phi) is 4.78. The molecular weight excluding hydrogens is 348 g/mol. The van der Waals surface area contributed by atoms with Gasteiger partial charge >= 0.3 is 5.97 Å². The third-order valence-corrected chi connectivity index (χ3v) is 4.79. The number of hydrogen-bond donors (Lipinski definition) is 1. The van der Waals surface area contributed by atoms with Gasteiger partial charge in [0.2, 0.25) is 0 Å². The van der Waals surface area contributed by atoms with Crippen molar-refractivity contribution in [2.45, 2.75) is 6.54 Å². The Morgan fingerprint density at radius 3 is 2.88 bits per heavy atom. The summed E-state index contributed by atoms with van der Waals surface area (Å²) in [5.41, 5.74) is 1.26. The van der Waals surface area contributed by atoms with Gasteiger partial charge in [-0.15, -0.1) is 11.3 Å². The van der Waals surface area contributed by atoms with Crippen molar-refractivity contribution in [3.63, 3.8) is 0 Å². The van der Waals surface area contributed by atoms with Crippen LogP contribution in [0.25, 0.3) is 10.1 Å². The fourth-order valence-electron chi connectivity index (χ4n) is 2.24. The Labute approximate surface area is 147 Å². The van der Waals surface area contributed by atoms with Crippen molar-refractivity contribution in [1.82, 2.24) is 10.3 Å². The molecule has 0 saturated carbocycles. The standard InChI is InChI=1S/C17H13ClN2O3S/c1-23-17(22)11-4-2-3-10(5-11)7-20-16(21)14-6-12-13(18)8-19-9-15(12)24-14/h2-6,8-9H,7H2,1H3,(H,20,21). The maximum atomic E-state index is 12.3. The fraction of sp³-hybridized carbons (Fsp3) is 0.118. The lowest BCUT2D eigenvalue weighted by atomic mass is 10.1. The first-order valence-electron chi connectivity index (χ1n) is 7.07. The van der Waals surface area contributed by atoms with Crippen molar-refractivity contribution in [2.75, 3.05) is 7.11 Å². The Hall–Kier alpha value is -2.44. The number of esters is 1. The normalized spacial score (nSPS) is 10.6. The van der Waals surface area contributed by atoms with E-state index in [1.807, 2.05) is 6.07 Å². The van der Waals surface area contributed by atoms with E-state index in [0.717, 1.165) is 15.6 Å². The molecule has 0 saturated heterocycles. The molecule has 3 rings (SSSR count). The molecule has 24 heavy (non-hydrogen) atoms. The summed E-state index contributed by atoms with van der Waals surface area (Å²) in [7, 11) is 1.33. The van der Waals surface area contributed by atoms with Crippen LogP contribution in [0.1, 0.15) is 25.6 Å². The number of hydrogen-bond acceptors (Lipinski definition) is 5. The van der Waals surface area contributed by atoms with Gasteiger partial charge in [-0.25, -0.2) is 4.79 Å². The molecule has 122 valence electrons. The number of nitrogens with zero attached hydrogens (tertiary/aromatic N) is 1. The summed E-state index contributed by atoms with van der Waals surface area (Å²) >= 11 is 7.41. The quantitative estimate of drug-likeness (QED) is 0.721. The van der Waals surface area contributed by atoms with Gasteiger partial charge in [0.1, 0.15) is 0 Å². The predicted molar refractivity (Wildman–Crippen MR) is 93.6 cm³/mol. The van der Waals surface area contributed by atoms with Gasteiger partial charge in [-0.1, -0.05) is 23.7 Å². The van der Waals surface area contributed by atoms with Crippen LogP contribution in [0.2, 0.25) is 5.02 Å². The molecule has 1 aromatic carbocycles. The van der Waals surface area contributed by atoms with Crippen molar-refractivity contribution in [3.05, 3.63) is 63.8 Å². The molecule has 0 aliphatic heterocycles.